The van der Waals surface area contributed by atoms with E-state index in [1.165, 1.54) is 18.2 Å². The SMILES string of the molecule is Cc1cc(C(=O)NCC(C)(O)CN(C)C)ccc1F. The first-order valence-electron chi connectivity index (χ1n) is 6.13. The average molecular weight is 268 g/mol. The zero-order chi connectivity index (χ0) is 14.6. The Morgan fingerprint density at radius 2 is 2.11 bits per heavy atom. The summed E-state index contributed by atoms with van der Waals surface area (Å²) in [6, 6.07) is 4.19. The van der Waals surface area contributed by atoms with Crippen molar-refractivity contribution in [3.8, 4) is 0 Å². The molecule has 1 aromatic rings. The first-order chi connectivity index (χ1) is 8.71. The number of halogens is 1. The molecule has 106 valence electrons. The first kappa shape index (κ1) is 15.6. The predicted molar refractivity (Wildman–Crippen MR) is 72.6 cm³/mol. The molecule has 2 N–H and O–H groups in total. The summed E-state index contributed by atoms with van der Waals surface area (Å²) >= 11 is 0. The lowest BCUT2D eigenvalue weighted by Crippen LogP contribution is -2.47. The van der Waals surface area contributed by atoms with Gasteiger partial charge in [-0.25, -0.2) is 4.39 Å². The number of hydrogen-bond donors (Lipinski definition) is 2. The molecule has 0 heterocycles. The molecule has 4 nitrogen and oxygen atoms in total. The summed E-state index contributed by atoms with van der Waals surface area (Å²) in [6.07, 6.45) is 0. The van der Waals surface area contributed by atoms with Crippen molar-refractivity contribution >= 4 is 5.91 Å². The average Bonchev–Trinajstić information content (AvgIpc) is 2.28. The molecule has 1 unspecified atom stereocenters. The largest absolute Gasteiger partial charge is 0.387 e. The van der Waals surface area contributed by atoms with E-state index in [0.717, 1.165) is 0 Å². The van der Waals surface area contributed by atoms with E-state index in [-0.39, 0.29) is 18.3 Å². The Kier molecular flexibility index (Phi) is 5.03. The van der Waals surface area contributed by atoms with Crippen LogP contribution in [0.1, 0.15) is 22.8 Å². The van der Waals surface area contributed by atoms with E-state index >= 15 is 0 Å². The predicted octanol–water partition coefficient (Wildman–Crippen LogP) is 1.18. The monoisotopic (exact) mass is 268 g/mol. The summed E-state index contributed by atoms with van der Waals surface area (Å²) in [5, 5.41) is 12.7. The number of carbonyl (C=O) groups excluding carboxylic acids is 1. The van der Waals surface area contributed by atoms with Gasteiger partial charge in [-0.3, -0.25) is 4.79 Å². The molecule has 0 aliphatic carbocycles. The van der Waals surface area contributed by atoms with Gasteiger partial charge in [-0.1, -0.05) is 0 Å². The molecule has 1 amide bonds. The van der Waals surface area contributed by atoms with Crippen LogP contribution in [0.2, 0.25) is 0 Å². The van der Waals surface area contributed by atoms with Gasteiger partial charge in [0.2, 0.25) is 0 Å². The minimum absolute atomic E-state index is 0.139. The van der Waals surface area contributed by atoms with Crippen LogP contribution in [0.25, 0.3) is 0 Å². The molecular weight excluding hydrogens is 247 g/mol. The summed E-state index contributed by atoms with van der Waals surface area (Å²) in [5.74, 6) is -0.654. The van der Waals surface area contributed by atoms with Crippen LogP contribution in [-0.2, 0) is 0 Å². The zero-order valence-electron chi connectivity index (χ0n) is 11.8. The van der Waals surface area contributed by atoms with Crippen molar-refractivity contribution in [3.05, 3.63) is 35.1 Å². The Morgan fingerprint density at radius 1 is 1.47 bits per heavy atom. The summed E-state index contributed by atoms with van der Waals surface area (Å²) < 4.78 is 13.1. The fraction of sp³-hybridized carbons (Fsp3) is 0.500. The molecule has 5 heteroatoms. The highest BCUT2D eigenvalue weighted by molar-refractivity contribution is 5.94. The van der Waals surface area contributed by atoms with E-state index in [4.69, 9.17) is 0 Å². The molecule has 0 aliphatic heterocycles. The Hall–Kier alpha value is -1.46. The van der Waals surface area contributed by atoms with Crippen molar-refractivity contribution < 1.29 is 14.3 Å². The molecule has 0 radical (unpaired) electrons. The molecule has 0 bridgehead atoms. The third kappa shape index (κ3) is 4.96. The lowest BCUT2D eigenvalue weighted by atomic mass is 10.1. The van der Waals surface area contributed by atoms with E-state index in [0.29, 0.717) is 17.7 Å². The molecule has 0 saturated carbocycles. The topological polar surface area (TPSA) is 52.6 Å². The Morgan fingerprint density at radius 3 is 2.63 bits per heavy atom. The van der Waals surface area contributed by atoms with Gasteiger partial charge in [-0.15, -0.1) is 0 Å². The fourth-order valence-electron chi connectivity index (χ4n) is 1.90. The van der Waals surface area contributed by atoms with Gasteiger partial charge in [0.25, 0.3) is 5.91 Å². The van der Waals surface area contributed by atoms with E-state index in [1.807, 2.05) is 19.0 Å². The summed E-state index contributed by atoms with van der Waals surface area (Å²) in [5.41, 5.74) is -0.193. The van der Waals surface area contributed by atoms with Crippen LogP contribution < -0.4 is 5.32 Å². The molecule has 1 aromatic carbocycles. The maximum Gasteiger partial charge on any atom is 0.251 e. The third-order valence-electron chi connectivity index (χ3n) is 2.71. The van der Waals surface area contributed by atoms with Crippen LogP contribution in [0.5, 0.6) is 0 Å². The number of carbonyl (C=O) groups is 1. The van der Waals surface area contributed by atoms with E-state index in [2.05, 4.69) is 5.32 Å². The Balaban J connectivity index is 2.62. The maximum absolute atomic E-state index is 13.1. The number of nitrogens with zero attached hydrogens (tertiary/aromatic N) is 1. The second-order valence-corrected chi connectivity index (χ2v) is 5.38. The number of nitrogens with one attached hydrogen (secondary N) is 1. The van der Waals surface area contributed by atoms with Crippen molar-refractivity contribution in [3.63, 3.8) is 0 Å². The molecule has 19 heavy (non-hydrogen) atoms. The molecular formula is C14H21FN2O2. The van der Waals surface area contributed by atoms with Crippen molar-refractivity contribution in [2.24, 2.45) is 0 Å². The number of aliphatic hydroxyl groups is 1. The Labute approximate surface area is 113 Å². The lowest BCUT2D eigenvalue weighted by Gasteiger charge is -2.27. The van der Waals surface area contributed by atoms with Crippen LogP contribution in [-0.4, -0.2) is 48.7 Å². The van der Waals surface area contributed by atoms with Gasteiger partial charge in [0.1, 0.15) is 5.82 Å². The van der Waals surface area contributed by atoms with Gasteiger partial charge < -0.3 is 15.3 Å². The quantitative estimate of drug-likeness (QED) is 0.843. The second kappa shape index (κ2) is 6.12. The molecule has 1 atom stereocenters. The van der Waals surface area contributed by atoms with E-state index < -0.39 is 5.60 Å². The standard InChI is InChI=1S/C14H21FN2O2/c1-10-7-11(5-6-12(10)15)13(18)16-8-14(2,19)9-17(3)4/h5-7,19H,8-9H2,1-4H3,(H,16,18). The minimum Gasteiger partial charge on any atom is -0.387 e. The van der Waals surface area contributed by atoms with E-state index in [1.54, 1.807) is 13.8 Å². The van der Waals surface area contributed by atoms with Crippen LogP contribution in [0.15, 0.2) is 18.2 Å². The van der Waals surface area contributed by atoms with Crippen LogP contribution >= 0.6 is 0 Å². The Bertz CT molecular complexity index is 459. The summed E-state index contributed by atoms with van der Waals surface area (Å²) in [7, 11) is 3.69. The maximum atomic E-state index is 13.1. The van der Waals surface area contributed by atoms with Gasteiger partial charge >= 0.3 is 0 Å². The highest BCUT2D eigenvalue weighted by atomic mass is 19.1. The second-order valence-electron chi connectivity index (χ2n) is 5.38. The van der Waals surface area contributed by atoms with Gasteiger partial charge in [0.15, 0.2) is 0 Å². The molecule has 0 fully saturated rings. The molecule has 1 rings (SSSR count). The zero-order valence-corrected chi connectivity index (χ0v) is 11.8. The van der Waals surface area contributed by atoms with Gasteiger partial charge in [-0.05, 0) is 51.7 Å². The number of hydrogen-bond acceptors (Lipinski definition) is 3. The smallest absolute Gasteiger partial charge is 0.251 e. The van der Waals surface area contributed by atoms with Gasteiger partial charge in [-0.2, -0.15) is 0 Å². The van der Waals surface area contributed by atoms with Gasteiger partial charge in [0.05, 0.1) is 5.60 Å². The highest BCUT2D eigenvalue weighted by Crippen LogP contribution is 2.10. The normalized spacial score (nSPS) is 14.3. The van der Waals surface area contributed by atoms with Crippen molar-refractivity contribution in [1.29, 1.82) is 0 Å². The van der Waals surface area contributed by atoms with Gasteiger partial charge in [0, 0.05) is 18.7 Å². The lowest BCUT2D eigenvalue weighted by molar-refractivity contribution is 0.0326. The summed E-state index contributed by atoms with van der Waals surface area (Å²) in [4.78, 5) is 13.7. The molecule has 0 aromatic heterocycles. The van der Waals surface area contributed by atoms with Crippen molar-refractivity contribution in [2.45, 2.75) is 19.4 Å². The molecule has 0 saturated heterocycles. The van der Waals surface area contributed by atoms with Crippen LogP contribution in [0.3, 0.4) is 0 Å². The highest BCUT2D eigenvalue weighted by Gasteiger charge is 2.22. The number of aryl methyl sites for hydroxylation is 1. The minimum atomic E-state index is -1.01. The number of amides is 1. The first-order valence-corrected chi connectivity index (χ1v) is 6.13. The van der Waals surface area contributed by atoms with Crippen LogP contribution in [0.4, 0.5) is 4.39 Å². The number of benzene rings is 1. The van der Waals surface area contributed by atoms with E-state index in [9.17, 15) is 14.3 Å². The number of rotatable bonds is 5. The molecule has 0 aliphatic rings. The molecule has 0 spiro atoms. The van der Waals surface area contributed by atoms with Crippen molar-refractivity contribution in [1.82, 2.24) is 10.2 Å². The van der Waals surface area contributed by atoms with Crippen LogP contribution in [0, 0.1) is 12.7 Å². The number of likely N-dealkylation sites (N-methyl/N-ethyl adjacent to an activating group) is 1. The fourth-order valence-corrected chi connectivity index (χ4v) is 1.90. The summed E-state index contributed by atoms with van der Waals surface area (Å²) in [6.45, 7) is 3.84. The third-order valence-corrected chi connectivity index (χ3v) is 2.71. The van der Waals surface area contributed by atoms with Crippen molar-refractivity contribution in [2.75, 3.05) is 27.2 Å².